The maximum Gasteiger partial charge on any atom is 0.122 e. The van der Waals surface area contributed by atoms with Crippen molar-refractivity contribution < 1.29 is 4.74 Å². The molecule has 0 bridgehead atoms. The lowest BCUT2D eigenvalue weighted by atomic mass is 10.1. The molecule has 1 fully saturated rings. The first-order valence-corrected chi connectivity index (χ1v) is 6.99. The van der Waals surface area contributed by atoms with E-state index in [1.807, 2.05) is 23.9 Å². The second-order valence-electron chi connectivity index (χ2n) is 4.47. The van der Waals surface area contributed by atoms with E-state index in [4.69, 9.17) is 10.5 Å². The zero-order valence-corrected chi connectivity index (χ0v) is 11.5. The molecule has 1 aliphatic rings. The van der Waals surface area contributed by atoms with Crippen LogP contribution in [0.4, 0.5) is 11.4 Å². The van der Waals surface area contributed by atoms with E-state index in [1.54, 1.807) is 7.11 Å². The number of methoxy groups -OCH3 is 1. The van der Waals surface area contributed by atoms with E-state index in [0.29, 0.717) is 11.3 Å². The number of anilines is 2. The fourth-order valence-corrected chi connectivity index (χ4v) is 3.29. The molecule has 2 rings (SSSR count). The Morgan fingerprint density at radius 3 is 2.82 bits per heavy atom. The predicted octanol–water partition coefficient (Wildman–Crippen LogP) is 2.61. The fraction of sp³-hybridized carbons (Fsp3) is 0.538. The Morgan fingerprint density at radius 1 is 1.35 bits per heavy atom. The van der Waals surface area contributed by atoms with Crippen molar-refractivity contribution in [3.8, 4) is 5.75 Å². The van der Waals surface area contributed by atoms with Crippen LogP contribution in [0.1, 0.15) is 13.8 Å². The molecule has 0 saturated carbocycles. The van der Waals surface area contributed by atoms with Crippen molar-refractivity contribution in [2.45, 2.75) is 25.1 Å². The smallest absolute Gasteiger partial charge is 0.122 e. The number of thioether (sulfide) groups is 1. The molecule has 0 radical (unpaired) electrons. The third kappa shape index (κ3) is 2.63. The highest BCUT2D eigenvalue weighted by atomic mass is 32.2. The SMILES string of the molecule is COc1cc(N)cc(N2CCSC(C)C2C)c1. The number of nitrogens with two attached hydrogens (primary N) is 1. The lowest BCUT2D eigenvalue weighted by Crippen LogP contribution is -2.44. The quantitative estimate of drug-likeness (QED) is 0.821. The maximum atomic E-state index is 5.91. The molecule has 1 saturated heterocycles. The molecule has 1 heterocycles. The Morgan fingerprint density at radius 2 is 2.12 bits per heavy atom. The zero-order chi connectivity index (χ0) is 12.4. The summed E-state index contributed by atoms with van der Waals surface area (Å²) in [6, 6.07) is 6.48. The van der Waals surface area contributed by atoms with Crippen LogP contribution in [-0.2, 0) is 0 Å². The molecule has 0 aliphatic carbocycles. The molecule has 0 amide bonds. The van der Waals surface area contributed by atoms with Crippen LogP contribution < -0.4 is 15.4 Å². The summed E-state index contributed by atoms with van der Waals surface area (Å²) in [4.78, 5) is 2.42. The van der Waals surface area contributed by atoms with Crippen molar-refractivity contribution in [2.24, 2.45) is 0 Å². The van der Waals surface area contributed by atoms with Gasteiger partial charge < -0.3 is 15.4 Å². The second kappa shape index (κ2) is 5.08. The van der Waals surface area contributed by atoms with Crippen LogP contribution in [0, 0.1) is 0 Å². The lowest BCUT2D eigenvalue weighted by molar-refractivity contribution is 0.415. The van der Waals surface area contributed by atoms with Gasteiger partial charge in [-0.25, -0.2) is 0 Å². The Hall–Kier alpha value is -1.03. The molecule has 94 valence electrons. The first-order valence-electron chi connectivity index (χ1n) is 5.94. The molecule has 1 aromatic rings. The topological polar surface area (TPSA) is 38.5 Å². The number of hydrogen-bond donors (Lipinski definition) is 1. The summed E-state index contributed by atoms with van der Waals surface area (Å²) in [5.74, 6) is 2.00. The minimum absolute atomic E-state index is 0.528. The predicted molar refractivity (Wildman–Crippen MR) is 76.1 cm³/mol. The Balaban J connectivity index is 2.29. The number of nitrogens with zero attached hydrogens (tertiary/aromatic N) is 1. The van der Waals surface area contributed by atoms with Crippen LogP contribution in [0.15, 0.2) is 18.2 Å². The Kier molecular flexibility index (Phi) is 3.72. The Bertz CT molecular complexity index is 397. The van der Waals surface area contributed by atoms with Gasteiger partial charge in [0.05, 0.1) is 7.11 Å². The van der Waals surface area contributed by atoms with Gasteiger partial charge in [-0.3, -0.25) is 0 Å². The maximum absolute atomic E-state index is 5.91. The van der Waals surface area contributed by atoms with Crippen LogP contribution in [-0.4, -0.2) is 30.7 Å². The molecule has 3 nitrogen and oxygen atoms in total. The molecular weight excluding hydrogens is 232 g/mol. The molecular formula is C13H20N2OS. The highest BCUT2D eigenvalue weighted by molar-refractivity contribution is 8.00. The van der Waals surface area contributed by atoms with Gasteiger partial charge in [-0.1, -0.05) is 6.92 Å². The summed E-state index contributed by atoms with van der Waals surface area (Å²) in [6.07, 6.45) is 0. The van der Waals surface area contributed by atoms with Crippen molar-refractivity contribution >= 4 is 23.1 Å². The van der Waals surface area contributed by atoms with E-state index in [-0.39, 0.29) is 0 Å². The van der Waals surface area contributed by atoms with Gasteiger partial charge in [0.1, 0.15) is 5.75 Å². The van der Waals surface area contributed by atoms with Gasteiger partial charge in [0.15, 0.2) is 0 Å². The third-order valence-corrected chi connectivity index (χ3v) is 4.70. The van der Waals surface area contributed by atoms with Crippen molar-refractivity contribution in [1.29, 1.82) is 0 Å². The van der Waals surface area contributed by atoms with Crippen molar-refractivity contribution in [2.75, 3.05) is 30.0 Å². The van der Waals surface area contributed by atoms with Crippen LogP contribution >= 0.6 is 11.8 Å². The van der Waals surface area contributed by atoms with E-state index >= 15 is 0 Å². The molecule has 0 spiro atoms. The molecule has 17 heavy (non-hydrogen) atoms. The van der Waals surface area contributed by atoms with Gasteiger partial charge in [-0.15, -0.1) is 0 Å². The lowest BCUT2D eigenvalue weighted by Gasteiger charge is -2.39. The van der Waals surface area contributed by atoms with Gasteiger partial charge in [-0.05, 0) is 13.0 Å². The van der Waals surface area contributed by atoms with Gasteiger partial charge in [-0.2, -0.15) is 11.8 Å². The van der Waals surface area contributed by atoms with E-state index in [9.17, 15) is 0 Å². The monoisotopic (exact) mass is 252 g/mol. The van der Waals surface area contributed by atoms with Crippen LogP contribution in [0.2, 0.25) is 0 Å². The Labute approximate surface area is 107 Å². The van der Waals surface area contributed by atoms with Crippen LogP contribution in [0.5, 0.6) is 5.75 Å². The molecule has 1 aromatic carbocycles. The number of ether oxygens (including phenoxy) is 1. The first-order chi connectivity index (χ1) is 8.11. The van der Waals surface area contributed by atoms with Gasteiger partial charge in [0, 0.05) is 47.1 Å². The van der Waals surface area contributed by atoms with Gasteiger partial charge in [0.25, 0.3) is 0 Å². The number of nitrogen functional groups attached to an aromatic ring is 1. The van der Waals surface area contributed by atoms with Gasteiger partial charge in [0.2, 0.25) is 0 Å². The third-order valence-electron chi connectivity index (χ3n) is 3.36. The summed E-state index contributed by atoms with van der Waals surface area (Å²) < 4.78 is 5.28. The number of hydrogen-bond acceptors (Lipinski definition) is 4. The molecule has 2 atom stereocenters. The van der Waals surface area contributed by atoms with Crippen molar-refractivity contribution in [1.82, 2.24) is 0 Å². The summed E-state index contributed by atoms with van der Waals surface area (Å²) in [6.45, 7) is 5.63. The largest absolute Gasteiger partial charge is 0.497 e. The van der Waals surface area contributed by atoms with Crippen LogP contribution in [0.3, 0.4) is 0 Å². The molecule has 2 N–H and O–H groups in total. The summed E-state index contributed by atoms with van der Waals surface area (Å²) in [5, 5.41) is 0.649. The van der Waals surface area contributed by atoms with Gasteiger partial charge >= 0.3 is 0 Å². The molecule has 2 unspecified atom stereocenters. The minimum atomic E-state index is 0.528. The van der Waals surface area contributed by atoms with E-state index in [0.717, 1.165) is 18.0 Å². The van der Waals surface area contributed by atoms with E-state index in [1.165, 1.54) is 11.4 Å². The number of rotatable bonds is 2. The second-order valence-corrected chi connectivity index (χ2v) is 5.96. The zero-order valence-electron chi connectivity index (χ0n) is 10.6. The first kappa shape index (κ1) is 12.4. The summed E-state index contributed by atoms with van der Waals surface area (Å²) >= 11 is 2.03. The highest BCUT2D eigenvalue weighted by Gasteiger charge is 2.25. The van der Waals surface area contributed by atoms with Crippen LogP contribution in [0.25, 0.3) is 0 Å². The average molecular weight is 252 g/mol. The summed E-state index contributed by atoms with van der Waals surface area (Å²) in [7, 11) is 1.68. The molecule has 4 heteroatoms. The summed E-state index contributed by atoms with van der Waals surface area (Å²) in [5.41, 5.74) is 7.84. The standard InChI is InChI=1S/C13H20N2OS/c1-9-10(2)17-5-4-15(9)12-6-11(14)7-13(8-12)16-3/h6-10H,4-5,14H2,1-3H3. The van der Waals surface area contributed by atoms with Crippen molar-refractivity contribution in [3.63, 3.8) is 0 Å². The van der Waals surface area contributed by atoms with Crippen molar-refractivity contribution in [3.05, 3.63) is 18.2 Å². The molecule has 0 aromatic heterocycles. The van der Waals surface area contributed by atoms with E-state index < -0.39 is 0 Å². The molecule has 1 aliphatic heterocycles. The minimum Gasteiger partial charge on any atom is -0.497 e. The normalized spacial score (nSPS) is 24.8. The fourth-order valence-electron chi connectivity index (χ4n) is 2.19. The average Bonchev–Trinajstić information content (AvgIpc) is 2.31. The van der Waals surface area contributed by atoms with E-state index in [2.05, 4.69) is 24.8 Å². The highest BCUT2D eigenvalue weighted by Crippen LogP contribution is 2.32. The number of benzene rings is 1.